The van der Waals surface area contributed by atoms with Crippen molar-refractivity contribution in [3.8, 4) is 5.75 Å². The number of anilines is 1. The fourth-order valence-electron chi connectivity index (χ4n) is 1.86. The van der Waals surface area contributed by atoms with Crippen molar-refractivity contribution >= 4 is 21.6 Å². The summed E-state index contributed by atoms with van der Waals surface area (Å²) in [6.07, 6.45) is 1.24. The zero-order valence-electron chi connectivity index (χ0n) is 14.6. The molecule has 0 saturated heterocycles. The fraction of sp³-hybridized carbons (Fsp3) is 0.562. The van der Waals surface area contributed by atoms with E-state index in [1.807, 2.05) is 6.92 Å². The van der Waals surface area contributed by atoms with E-state index in [0.717, 1.165) is 12.7 Å². The first-order valence-electron chi connectivity index (χ1n) is 7.81. The molecule has 24 heavy (non-hydrogen) atoms. The predicted octanol–water partition coefficient (Wildman–Crippen LogP) is 1.39. The maximum Gasteiger partial charge on any atom is 0.260 e. The van der Waals surface area contributed by atoms with Crippen LogP contribution in [0.25, 0.3) is 0 Å². The van der Waals surface area contributed by atoms with Gasteiger partial charge in [0.2, 0.25) is 10.0 Å². The molecule has 1 atom stereocenters. The summed E-state index contributed by atoms with van der Waals surface area (Å²) in [6.45, 7) is 5.39. The van der Waals surface area contributed by atoms with E-state index in [1.165, 1.54) is 11.4 Å². The van der Waals surface area contributed by atoms with E-state index >= 15 is 0 Å². The Balaban J connectivity index is 2.49. The van der Waals surface area contributed by atoms with Gasteiger partial charge >= 0.3 is 0 Å². The van der Waals surface area contributed by atoms with Crippen LogP contribution in [0.1, 0.15) is 20.3 Å². The molecule has 0 spiro atoms. The molecule has 0 aliphatic heterocycles. The summed E-state index contributed by atoms with van der Waals surface area (Å²) in [5, 5.41) is 2.78. The summed E-state index contributed by atoms with van der Waals surface area (Å²) in [7, 11) is -1.83. The normalized spacial score (nSPS) is 12.5. The zero-order chi connectivity index (χ0) is 18.2. The van der Waals surface area contributed by atoms with Crippen molar-refractivity contribution in [2.75, 3.05) is 37.4 Å². The Labute approximate surface area is 144 Å². The molecule has 0 bridgehead atoms. The first-order chi connectivity index (χ1) is 11.3. The minimum Gasteiger partial charge on any atom is -0.481 e. The Morgan fingerprint density at radius 3 is 2.46 bits per heavy atom. The van der Waals surface area contributed by atoms with Crippen LogP contribution in [-0.2, 0) is 19.6 Å². The van der Waals surface area contributed by atoms with Crippen molar-refractivity contribution < 1.29 is 22.7 Å². The molecule has 8 heteroatoms. The third-order valence-electron chi connectivity index (χ3n) is 3.35. The summed E-state index contributed by atoms with van der Waals surface area (Å²) < 4.78 is 34.9. The molecule has 1 aromatic carbocycles. The fourth-order valence-corrected chi connectivity index (χ4v) is 2.36. The van der Waals surface area contributed by atoms with Crippen LogP contribution in [0.3, 0.4) is 0 Å². The van der Waals surface area contributed by atoms with Gasteiger partial charge in [0.05, 0.1) is 11.9 Å². The van der Waals surface area contributed by atoms with E-state index in [4.69, 9.17) is 9.47 Å². The van der Waals surface area contributed by atoms with Gasteiger partial charge in [0.1, 0.15) is 5.75 Å². The number of carbonyl (C=O) groups is 1. The highest BCUT2D eigenvalue weighted by molar-refractivity contribution is 7.92. The van der Waals surface area contributed by atoms with E-state index in [0.29, 0.717) is 31.2 Å². The third kappa shape index (κ3) is 6.76. The standard InChI is InChI=1S/C16H26N2O5S/c1-5-22-12-6-11-17-16(19)13(2)23-15-9-7-14(8-10-15)18(3)24(4,20)21/h7-10,13H,5-6,11-12H2,1-4H3,(H,17,19). The molecule has 7 nitrogen and oxygen atoms in total. The monoisotopic (exact) mass is 358 g/mol. The van der Waals surface area contributed by atoms with Crippen molar-refractivity contribution in [2.45, 2.75) is 26.4 Å². The molecule has 1 aromatic rings. The lowest BCUT2D eigenvalue weighted by Crippen LogP contribution is -2.37. The second kappa shape index (κ2) is 9.48. The van der Waals surface area contributed by atoms with Gasteiger partial charge in [-0.3, -0.25) is 9.10 Å². The number of carbonyl (C=O) groups excluding carboxylic acids is 1. The number of sulfonamides is 1. The van der Waals surface area contributed by atoms with E-state index in [-0.39, 0.29) is 5.91 Å². The van der Waals surface area contributed by atoms with Crippen LogP contribution in [0.2, 0.25) is 0 Å². The molecule has 1 rings (SSSR count). The number of hydrogen-bond donors (Lipinski definition) is 1. The van der Waals surface area contributed by atoms with Gasteiger partial charge < -0.3 is 14.8 Å². The van der Waals surface area contributed by atoms with Gasteiger partial charge in [0.25, 0.3) is 5.91 Å². The van der Waals surface area contributed by atoms with Gasteiger partial charge in [0, 0.05) is 26.8 Å². The van der Waals surface area contributed by atoms with Crippen LogP contribution in [0.4, 0.5) is 5.69 Å². The number of ether oxygens (including phenoxy) is 2. The van der Waals surface area contributed by atoms with E-state index in [9.17, 15) is 13.2 Å². The van der Waals surface area contributed by atoms with Crippen LogP contribution in [0.15, 0.2) is 24.3 Å². The van der Waals surface area contributed by atoms with Crippen molar-refractivity contribution in [1.82, 2.24) is 5.32 Å². The number of rotatable bonds is 10. The quantitative estimate of drug-likeness (QED) is 0.639. The Bertz CT molecular complexity index is 616. The zero-order valence-corrected chi connectivity index (χ0v) is 15.4. The van der Waals surface area contributed by atoms with Crippen molar-refractivity contribution in [3.05, 3.63) is 24.3 Å². The van der Waals surface area contributed by atoms with Gasteiger partial charge in [-0.25, -0.2) is 8.42 Å². The Hall–Kier alpha value is -1.80. The number of nitrogens with one attached hydrogen (secondary N) is 1. The molecule has 0 fully saturated rings. The highest BCUT2D eigenvalue weighted by Crippen LogP contribution is 2.20. The average molecular weight is 358 g/mol. The van der Waals surface area contributed by atoms with Gasteiger partial charge in [0.15, 0.2) is 6.10 Å². The minimum absolute atomic E-state index is 0.205. The maximum absolute atomic E-state index is 11.9. The van der Waals surface area contributed by atoms with Crippen molar-refractivity contribution in [3.63, 3.8) is 0 Å². The lowest BCUT2D eigenvalue weighted by molar-refractivity contribution is -0.127. The second-order valence-corrected chi connectivity index (χ2v) is 7.34. The number of amides is 1. The van der Waals surface area contributed by atoms with Crippen LogP contribution < -0.4 is 14.4 Å². The molecule has 0 heterocycles. The van der Waals surface area contributed by atoms with E-state index < -0.39 is 16.1 Å². The Morgan fingerprint density at radius 1 is 1.29 bits per heavy atom. The van der Waals surface area contributed by atoms with Crippen LogP contribution in [-0.4, -0.2) is 53.5 Å². The van der Waals surface area contributed by atoms with Gasteiger partial charge in [-0.15, -0.1) is 0 Å². The molecular formula is C16H26N2O5S. The highest BCUT2D eigenvalue weighted by Gasteiger charge is 2.15. The summed E-state index contributed by atoms with van der Waals surface area (Å²) in [5.74, 6) is 0.293. The molecule has 1 amide bonds. The average Bonchev–Trinajstić information content (AvgIpc) is 2.53. The lowest BCUT2D eigenvalue weighted by atomic mass is 10.3. The van der Waals surface area contributed by atoms with E-state index in [1.54, 1.807) is 31.2 Å². The number of hydrogen-bond acceptors (Lipinski definition) is 5. The second-order valence-electron chi connectivity index (χ2n) is 5.33. The molecular weight excluding hydrogens is 332 g/mol. The molecule has 0 aromatic heterocycles. The van der Waals surface area contributed by atoms with Gasteiger partial charge in [-0.1, -0.05) is 0 Å². The summed E-state index contributed by atoms with van der Waals surface area (Å²) in [4.78, 5) is 11.9. The maximum atomic E-state index is 11.9. The Morgan fingerprint density at radius 2 is 1.92 bits per heavy atom. The summed E-state index contributed by atoms with van der Waals surface area (Å²) in [5.41, 5.74) is 0.526. The molecule has 0 saturated carbocycles. The van der Waals surface area contributed by atoms with E-state index in [2.05, 4.69) is 5.32 Å². The smallest absolute Gasteiger partial charge is 0.260 e. The summed E-state index contributed by atoms with van der Waals surface area (Å²) >= 11 is 0. The SMILES string of the molecule is CCOCCCNC(=O)C(C)Oc1ccc(N(C)S(C)(=O)=O)cc1. The van der Waals surface area contributed by atoms with Crippen LogP contribution in [0, 0.1) is 0 Å². The molecule has 0 aliphatic rings. The Kier molecular flexibility index (Phi) is 8.00. The highest BCUT2D eigenvalue weighted by atomic mass is 32.2. The van der Waals surface area contributed by atoms with Crippen molar-refractivity contribution in [2.24, 2.45) is 0 Å². The minimum atomic E-state index is -3.30. The molecule has 0 aliphatic carbocycles. The molecule has 0 radical (unpaired) electrons. The molecule has 136 valence electrons. The largest absolute Gasteiger partial charge is 0.481 e. The predicted molar refractivity (Wildman–Crippen MR) is 93.9 cm³/mol. The summed E-state index contributed by atoms with van der Waals surface area (Å²) in [6, 6.07) is 6.53. The topological polar surface area (TPSA) is 84.9 Å². The lowest BCUT2D eigenvalue weighted by Gasteiger charge is -2.18. The van der Waals surface area contributed by atoms with Crippen LogP contribution in [0.5, 0.6) is 5.75 Å². The number of benzene rings is 1. The van der Waals surface area contributed by atoms with Crippen LogP contribution >= 0.6 is 0 Å². The molecule has 1 N–H and O–H groups in total. The third-order valence-corrected chi connectivity index (χ3v) is 4.55. The van der Waals surface area contributed by atoms with Gasteiger partial charge in [-0.05, 0) is 44.5 Å². The van der Waals surface area contributed by atoms with Gasteiger partial charge in [-0.2, -0.15) is 0 Å². The number of nitrogens with zero attached hydrogens (tertiary/aromatic N) is 1. The molecule has 1 unspecified atom stereocenters. The first-order valence-corrected chi connectivity index (χ1v) is 9.66. The first kappa shape index (κ1) is 20.2. The van der Waals surface area contributed by atoms with Crippen molar-refractivity contribution in [1.29, 1.82) is 0 Å².